The number of aromatic nitrogens is 3. The molecule has 0 aliphatic carbocycles. The highest BCUT2D eigenvalue weighted by Crippen LogP contribution is 2.41. The van der Waals surface area contributed by atoms with Gasteiger partial charge in [0.2, 0.25) is 0 Å². The molecule has 0 spiro atoms. The highest BCUT2D eigenvalue weighted by atomic mass is 127. The van der Waals surface area contributed by atoms with Gasteiger partial charge in [-0.25, -0.2) is 18.4 Å². The molecule has 0 amide bonds. The molecule has 118 valence electrons. The quantitative estimate of drug-likeness (QED) is 0.697. The topological polar surface area (TPSA) is 49.2 Å². The number of ether oxygens (including phenoxy) is 1. The van der Waals surface area contributed by atoms with E-state index in [1.54, 1.807) is 11.0 Å². The van der Waals surface area contributed by atoms with Gasteiger partial charge in [0, 0.05) is 17.5 Å². The largest absolute Gasteiger partial charge is 0.368 e. The van der Waals surface area contributed by atoms with Crippen molar-refractivity contribution < 1.29 is 16.6 Å². The Morgan fingerprint density at radius 1 is 1.45 bits per heavy atom. The lowest BCUT2D eigenvalue weighted by Gasteiger charge is -2.29. The molecule has 5 nitrogen and oxygen atoms in total. The summed E-state index contributed by atoms with van der Waals surface area (Å²) in [6, 6.07) is 3.56. The highest BCUT2D eigenvalue weighted by Gasteiger charge is 2.44. The minimum Gasteiger partial charge on any atom is -0.368 e. The van der Waals surface area contributed by atoms with Gasteiger partial charge in [-0.15, -0.1) is 0 Å². The second-order valence-electron chi connectivity index (χ2n) is 5.37. The van der Waals surface area contributed by atoms with Crippen LogP contribution in [-0.2, 0) is 19.9 Å². The van der Waals surface area contributed by atoms with Gasteiger partial charge >= 0.3 is 0 Å². The maximum absolute atomic E-state index is 14.3. The van der Waals surface area contributed by atoms with Crippen LogP contribution in [-0.4, -0.2) is 28.0 Å². The number of halogens is 3. The van der Waals surface area contributed by atoms with E-state index >= 15 is 0 Å². The summed E-state index contributed by atoms with van der Waals surface area (Å²) in [4.78, 5) is 3.90. The van der Waals surface area contributed by atoms with Crippen LogP contribution in [0.2, 0.25) is 0 Å². The first-order valence-electron chi connectivity index (χ1n) is 6.78. The second kappa shape index (κ2) is 6.55. The van der Waals surface area contributed by atoms with Crippen LogP contribution in [0.1, 0.15) is 12.0 Å². The van der Waals surface area contributed by atoms with Gasteiger partial charge in [-0.1, -0.05) is 6.07 Å². The van der Waals surface area contributed by atoms with E-state index in [4.69, 9.17) is 7.80 Å². The van der Waals surface area contributed by atoms with Gasteiger partial charge in [-0.2, -0.15) is 5.10 Å². The van der Waals surface area contributed by atoms with Crippen LogP contribution < -0.4 is 0 Å². The van der Waals surface area contributed by atoms with E-state index < -0.39 is 17.2 Å². The first kappa shape index (κ1) is 15.8. The molecule has 0 radical (unpaired) electrons. The van der Waals surface area contributed by atoms with Gasteiger partial charge in [0.15, 0.2) is 0 Å². The smallest absolute Gasteiger partial charge is 0.137 e. The van der Waals surface area contributed by atoms with Crippen LogP contribution >= 0.6 is 23.0 Å². The Kier molecular flexibility index (Phi) is 4.69. The van der Waals surface area contributed by atoms with E-state index in [2.05, 4.69) is 10.1 Å². The van der Waals surface area contributed by atoms with E-state index in [9.17, 15) is 8.78 Å². The molecule has 2 aromatic rings. The predicted octanol–water partition coefficient (Wildman–Crippen LogP) is 2.85. The van der Waals surface area contributed by atoms with Gasteiger partial charge in [-0.05, 0) is 12.5 Å². The molecule has 0 saturated carbocycles. The van der Waals surface area contributed by atoms with Crippen molar-refractivity contribution in [3.8, 4) is 0 Å². The van der Waals surface area contributed by atoms with Crippen LogP contribution in [0.25, 0.3) is 0 Å². The van der Waals surface area contributed by atoms with Crippen molar-refractivity contribution in [1.29, 1.82) is 0 Å². The van der Waals surface area contributed by atoms with Crippen molar-refractivity contribution in [2.45, 2.75) is 18.6 Å². The molecule has 3 rings (SSSR count). The standard InChI is InChI=1S/C14H14F2IN3O2/c15-11-1-2-12(13(16)3-11)14(7-20-9-18-8-19-20)4-10(5-21-14)6-22-17/h1-3,8-10H,4-7H2/t10-,14-/m0/s1. The SMILES string of the molecule is Fc1ccc([C@@]2(Cn3cncn3)C[C@H](COI)CO2)c(F)c1. The van der Waals surface area contributed by atoms with Crippen LogP contribution in [0.15, 0.2) is 30.9 Å². The van der Waals surface area contributed by atoms with E-state index in [0.29, 0.717) is 31.7 Å². The molecule has 8 heteroatoms. The summed E-state index contributed by atoms with van der Waals surface area (Å²) in [5, 5.41) is 4.06. The van der Waals surface area contributed by atoms with Crippen molar-refractivity contribution >= 4 is 23.0 Å². The maximum Gasteiger partial charge on any atom is 0.137 e. The van der Waals surface area contributed by atoms with Crippen LogP contribution in [0.4, 0.5) is 8.78 Å². The van der Waals surface area contributed by atoms with Crippen molar-refractivity contribution in [1.82, 2.24) is 14.8 Å². The van der Waals surface area contributed by atoms with Crippen LogP contribution in [0, 0.1) is 17.6 Å². The van der Waals surface area contributed by atoms with Crippen molar-refractivity contribution in [2.24, 2.45) is 5.92 Å². The molecular weight excluding hydrogens is 407 g/mol. The Bertz CT molecular complexity index is 641. The van der Waals surface area contributed by atoms with Gasteiger partial charge < -0.3 is 7.80 Å². The summed E-state index contributed by atoms with van der Waals surface area (Å²) >= 11 is 1.83. The fraction of sp³-hybridized carbons (Fsp3) is 0.429. The van der Waals surface area contributed by atoms with Crippen LogP contribution in [0.3, 0.4) is 0 Å². The molecule has 0 N–H and O–H groups in total. The Balaban J connectivity index is 1.96. The normalized spacial score (nSPS) is 24.8. The van der Waals surface area contributed by atoms with Crippen molar-refractivity contribution in [2.75, 3.05) is 13.2 Å². The first-order valence-corrected chi connectivity index (χ1v) is 7.66. The predicted molar refractivity (Wildman–Crippen MR) is 82.1 cm³/mol. The Labute approximate surface area is 140 Å². The summed E-state index contributed by atoms with van der Waals surface area (Å²) < 4.78 is 40.2. The summed E-state index contributed by atoms with van der Waals surface area (Å²) in [6.07, 6.45) is 3.53. The van der Waals surface area contributed by atoms with Gasteiger partial charge in [0.1, 0.15) is 52.9 Å². The summed E-state index contributed by atoms with van der Waals surface area (Å²) in [6.45, 7) is 1.28. The van der Waals surface area contributed by atoms with Gasteiger partial charge in [-0.3, -0.25) is 0 Å². The summed E-state index contributed by atoms with van der Waals surface area (Å²) in [7, 11) is 0. The van der Waals surface area contributed by atoms with E-state index in [-0.39, 0.29) is 5.92 Å². The third-order valence-electron chi connectivity index (χ3n) is 3.82. The average molecular weight is 421 g/mol. The molecule has 2 heterocycles. The third-order valence-corrected chi connectivity index (χ3v) is 4.18. The first-order chi connectivity index (χ1) is 10.6. The zero-order chi connectivity index (χ0) is 15.6. The Hall–Kier alpha value is -1.13. The molecule has 1 aliphatic heterocycles. The molecular formula is C14H14F2IN3O2. The van der Waals surface area contributed by atoms with E-state index in [1.807, 2.05) is 23.0 Å². The molecule has 0 bridgehead atoms. The average Bonchev–Trinajstić information content (AvgIpc) is 3.10. The lowest BCUT2D eigenvalue weighted by molar-refractivity contribution is -0.0205. The Morgan fingerprint density at radius 3 is 3.00 bits per heavy atom. The number of hydrogen-bond donors (Lipinski definition) is 0. The number of rotatable bonds is 5. The summed E-state index contributed by atoms with van der Waals surface area (Å²) in [5.41, 5.74) is -0.564. The van der Waals surface area contributed by atoms with Crippen molar-refractivity contribution in [3.05, 3.63) is 48.1 Å². The molecule has 1 aromatic carbocycles. The lowest BCUT2D eigenvalue weighted by Crippen LogP contribution is -2.32. The zero-order valence-corrected chi connectivity index (χ0v) is 13.7. The lowest BCUT2D eigenvalue weighted by atomic mass is 9.87. The molecule has 1 aromatic heterocycles. The molecule has 1 saturated heterocycles. The monoisotopic (exact) mass is 421 g/mol. The van der Waals surface area contributed by atoms with E-state index in [1.165, 1.54) is 18.5 Å². The fourth-order valence-corrected chi connectivity index (χ4v) is 3.38. The fourth-order valence-electron chi connectivity index (χ4n) is 2.88. The maximum atomic E-state index is 14.3. The highest BCUT2D eigenvalue weighted by molar-refractivity contribution is 14.1. The number of nitrogens with zero attached hydrogens (tertiary/aromatic N) is 3. The third kappa shape index (κ3) is 3.13. The van der Waals surface area contributed by atoms with Gasteiger partial charge in [0.05, 0.1) is 19.8 Å². The number of hydrogen-bond acceptors (Lipinski definition) is 4. The molecule has 1 fully saturated rings. The minimum atomic E-state index is -0.898. The molecule has 1 aliphatic rings. The molecule has 0 unspecified atom stereocenters. The minimum absolute atomic E-state index is 0.143. The number of benzene rings is 1. The van der Waals surface area contributed by atoms with Gasteiger partial charge in [0.25, 0.3) is 0 Å². The van der Waals surface area contributed by atoms with Crippen LogP contribution in [0.5, 0.6) is 0 Å². The van der Waals surface area contributed by atoms with E-state index in [0.717, 1.165) is 6.07 Å². The Morgan fingerprint density at radius 2 is 2.32 bits per heavy atom. The molecule has 2 atom stereocenters. The molecule has 22 heavy (non-hydrogen) atoms. The summed E-state index contributed by atoms with van der Waals surface area (Å²) in [5.74, 6) is -1.08. The van der Waals surface area contributed by atoms with Crippen molar-refractivity contribution in [3.63, 3.8) is 0 Å². The second-order valence-corrected chi connectivity index (χ2v) is 5.99. The zero-order valence-electron chi connectivity index (χ0n) is 11.6.